The van der Waals surface area contributed by atoms with E-state index in [4.69, 9.17) is 4.74 Å². The van der Waals surface area contributed by atoms with E-state index in [1.165, 1.54) is 12.1 Å². The van der Waals surface area contributed by atoms with Crippen molar-refractivity contribution in [1.29, 1.82) is 0 Å². The molecule has 1 heterocycles. The van der Waals surface area contributed by atoms with Crippen LogP contribution in [0.15, 0.2) is 48.5 Å². The summed E-state index contributed by atoms with van der Waals surface area (Å²) in [5.74, 6) is 0.120. The molecular formula is C24H29FN2O3. The summed E-state index contributed by atoms with van der Waals surface area (Å²) in [7, 11) is 0. The number of benzene rings is 2. The van der Waals surface area contributed by atoms with Crippen molar-refractivity contribution < 1.29 is 18.7 Å². The Balaban J connectivity index is 1.59. The van der Waals surface area contributed by atoms with E-state index < -0.39 is 0 Å². The van der Waals surface area contributed by atoms with Gasteiger partial charge in [-0.1, -0.05) is 31.2 Å². The number of Topliss-reactive ketones (excluding diaryl/α,β-unsaturated/α-hetero) is 1. The lowest BCUT2D eigenvalue weighted by atomic mass is 10.1. The molecule has 0 radical (unpaired) electrons. The average molecular weight is 413 g/mol. The molecule has 2 aromatic carbocycles. The van der Waals surface area contributed by atoms with Crippen LogP contribution in [0, 0.1) is 5.82 Å². The van der Waals surface area contributed by atoms with Crippen molar-refractivity contribution in [2.45, 2.75) is 45.8 Å². The molecule has 0 spiro atoms. The van der Waals surface area contributed by atoms with Crippen LogP contribution in [0.3, 0.4) is 0 Å². The Labute approximate surface area is 177 Å². The van der Waals surface area contributed by atoms with Gasteiger partial charge in [-0.2, -0.15) is 0 Å². The molecule has 0 aliphatic carbocycles. The molecule has 1 amide bonds. The van der Waals surface area contributed by atoms with Gasteiger partial charge in [0.1, 0.15) is 11.6 Å². The number of carbonyl (C=O) groups excluding carboxylic acids is 2. The third kappa shape index (κ3) is 5.25. The van der Waals surface area contributed by atoms with Crippen LogP contribution in [0.25, 0.3) is 0 Å². The van der Waals surface area contributed by atoms with Crippen LogP contribution < -0.4 is 4.74 Å². The molecule has 0 N–H and O–H groups in total. The highest BCUT2D eigenvalue weighted by atomic mass is 19.1. The second-order valence-electron chi connectivity index (χ2n) is 7.86. The first-order chi connectivity index (χ1) is 14.4. The monoisotopic (exact) mass is 412 g/mol. The van der Waals surface area contributed by atoms with Crippen LogP contribution in [-0.4, -0.2) is 53.3 Å². The number of hydrogen-bond donors (Lipinski definition) is 0. The normalized spacial score (nSPS) is 19.5. The summed E-state index contributed by atoms with van der Waals surface area (Å²) in [6.45, 7) is 7.87. The van der Waals surface area contributed by atoms with E-state index >= 15 is 0 Å². The Bertz CT molecular complexity index is 884. The summed E-state index contributed by atoms with van der Waals surface area (Å²) >= 11 is 0. The molecule has 0 bridgehead atoms. The molecule has 3 rings (SSSR count). The Kier molecular flexibility index (Phi) is 7.21. The van der Waals surface area contributed by atoms with Gasteiger partial charge in [0, 0.05) is 38.1 Å². The van der Waals surface area contributed by atoms with Gasteiger partial charge < -0.3 is 9.64 Å². The molecule has 1 aliphatic heterocycles. The number of ether oxygens (including phenoxy) is 1. The van der Waals surface area contributed by atoms with Crippen LogP contribution in [0.5, 0.6) is 5.75 Å². The fraction of sp³-hybridized carbons (Fsp3) is 0.417. The topological polar surface area (TPSA) is 49.9 Å². The predicted molar refractivity (Wildman–Crippen MR) is 114 cm³/mol. The van der Waals surface area contributed by atoms with Crippen LogP contribution in [0.4, 0.5) is 4.39 Å². The molecule has 2 atom stereocenters. The molecule has 2 aromatic rings. The maximum absolute atomic E-state index is 13.1. The number of nitrogens with zero attached hydrogens (tertiary/aromatic N) is 2. The zero-order valence-corrected chi connectivity index (χ0v) is 17.8. The number of rotatable bonds is 7. The van der Waals surface area contributed by atoms with Crippen molar-refractivity contribution in [3.05, 3.63) is 65.5 Å². The largest absolute Gasteiger partial charge is 0.483 e. The average Bonchev–Trinajstić information content (AvgIpc) is 2.75. The lowest BCUT2D eigenvalue weighted by molar-refractivity contribution is -0.139. The Morgan fingerprint density at radius 1 is 1.03 bits per heavy atom. The van der Waals surface area contributed by atoms with Crippen molar-refractivity contribution in [3.63, 3.8) is 0 Å². The van der Waals surface area contributed by atoms with E-state index in [1.807, 2.05) is 11.8 Å². The third-order valence-corrected chi connectivity index (χ3v) is 5.59. The van der Waals surface area contributed by atoms with Crippen molar-refractivity contribution in [2.75, 3.05) is 19.7 Å². The van der Waals surface area contributed by atoms with Gasteiger partial charge in [0.2, 0.25) is 0 Å². The molecule has 1 saturated heterocycles. The maximum Gasteiger partial charge on any atom is 0.260 e. The number of ketones is 1. The molecule has 6 heteroatoms. The van der Waals surface area contributed by atoms with Gasteiger partial charge in [0.25, 0.3) is 5.91 Å². The number of para-hydroxylation sites is 1. The number of halogens is 1. The Morgan fingerprint density at radius 3 is 2.43 bits per heavy atom. The summed E-state index contributed by atoms with van der Waals surface area (Å²) in [5.41, 5.74) is 1.56. The minimum absolute atomic E-state index is 0.00514. The van der Waals surface area contributed by atoms with Gasteiger partial charge >= 0.3 is 0 Å². The molecule has 5 nitrogen and oxygen atoms in total. The zero-order valence-electron chi connectivity index (χ0n) is 17.8. The number of amides is 1. The van der Waals surface area contributed by atoms with Gasteiger partial charge in [0.15, 0.2) is 12.4 Å². The summed E-state index contributed by atoms with van der Waals surface area (Å²) < 4.78 is 18.9. The Morgan fingerprint density at radius 2 is 1.73 bits per heavy atom. The van der Waals surface area contributed by atoms with Crippen molar-refractivity contribution in [1.82, 2.24) is 9.80 Å². The van der Waals surface area contributed by atoms with E-state index in [-0.39, 0.29) is 36.2 Å². The van der Waals surface area contributed by atoms with Gasteiger partial charge in [-0.15, -0.1) is 0 Å². The van der Waals surface area contributed by atoms with E-state index in [0.29, 0.717) is 24.3 Å². The summed E-state index contributed by atoms with van der Waals surface area (Å²) in [4.78, 5) is 29.1. The molecular weight excluding hydrogens is 383 g/mol. The first kappa shape index (κ1) is 22.0. The Hall–Kier alpha value is -2.73. The van der Waals surface area contributed by atoms with Gasteiger partial charge in [-0.05, 0) is 43.7 Å². The van der Waals surface area contributed by atoms with Crippen molar-refractivity contribution in [2.24, 2.45) is 0 Å². The second-order valence-corrected chi connectivity index (χ2v) is 7.86. The first-order valence-corrected chi connectivity index (χ1v) is 10.4. The van der Waals surface area contributed by atoms with E-state index in [1.54, 1.807) is 43.3 Å². The number of hydrogen-bond acceptors (Lipinski definition) is 4. The third-order valence-electron chi connectivity index (χ3n) is 5.59. The fourth-order valence-corrected chi connectivity index (χ4v) is 3.83. The maximum atomic E-state index is 13.1. The minimum atomic E-state index is -0.238. The first-order valence-electron chi connectivity index (χ1n) is 10.4. The highest BCUT2D eigenvalue weighted by Gasteiger charge is 2.32. The lowest BCUT2D eigenvalue weighted by Gasteiger charge is -2.44. The van der Waals surface area contributed by atoms with E-state index in [9.17, 15) is 14.0 Å². The van der Waals surface area contributed by atoms with Crippen LogP contribution in [0.1, 0.15) is 43.1 Å². The molecule has 30 heavy (non-hydrogen) atoms. The van der Waals surface area contributed by atoms with E-state index in [2.05, 4.69) is 11.8 Å². The second kappa shape index (κ2) is 9.85. The molecule has 1 fully saturated rings. The van der Waals surface area contributed by atoms with Crippen LogP contribution in [-0.2, 0) is 11.3 Å². The molecule has 1 aliphatic rings. The standard InChI is InChI=1S/C24H29FN2O3/c1-4-22(28)21-7-5-6-8-23(21)30-16-24(29)27-14-17(2)26(13-18(27)3)15-19-9-11-20(25)12-10-19/h5-12,17-18H,4,13-16H2,1-3H3/t17-,18+/m1/s1. The highest BCUT2D eigenvalue weighted by Crippen LogP contribution is 2.21. The van der Waals surface area contributed by atoms with Gasteiger partial charge in [0.05, 0.1) is 5.56 Å². The predicted octanol–water partition coefficient (Wildman–Crippen LogP) is 3.92. The van der Waals surface area contributed by atoms with Crippen molar-refractivity contribution in [3.8, 4) is 5.75 Å². The lowest BCUT2D eigenvalue weighted by Crippen LogP contribution is -2.58. The van der Waals surface area contributed by atoms with E-state index in [0.717, 1.165) is 18.7 Å². The molecule has 160 valence electrons. The number of carbonyl (C=O) groups is 2. The number of piperazine rings is 1. The fourth-order valence-electron chi connectivity index (χ4n) is 3.83. The highest BCUT2D eigenvalue weighted by molar-refractivity contribution is 5.98. The SMILES string of the molecule is CCC(=O)c1ccccc1OCC(=O)N1C[C@@H](C)N(Cc2ccc(F)cc2)C[C@@H]1C. The zero-order chi connectivity index (χ0) is 21.7. The van der Waals surface area contributed by atoms with Crippen LogP contribution in [0.2, 0.25) is 0 Å². The summed E-state index contributed by atoms with van der Waals surface area (Å²) in [5, 5.41) is 0. The summed E-state index contributed by atoms with van der Waals surface area (Å²) in [6.07, 6.45) is 0.388. The van der Waals surface area contributed by atoms with Crippen LogP contribution >= 0.6 is 0 Å². The molecule has 0 saturated carbocycles. The minimum Gasteiger partial charge on any atom is -0.483 e. The molecule has 0 aromatic heterocycles. The smallest absolute Gasteiger partial charge is 0.260 e. The van der Waals surface area contributed by atoms with Gasteiger partial charge in [-0.3, -0.25) is 14.5 Å². The quantitative estimate of drug-likeness (QED) is 0.647. The summed E-state index contributed by atoms with van der Waals surface area (Å²) in [6, 6.07) is 13.8. The van der Waals surface area contributed by atoms with Gasteiger partial charge in [-0.25, -0.2) is 4.39 Å². The van der Waals surface area contributed by atoms with Crippen molar-refractivity contribution >= 4 is 11.7 Å². The molecule has 0 unspecified atom stereocenters.